The van der Waals surface area contributed by atoms with Gasteiger partial charge in [0.25, 0.3) is 0 Å². The topological polar surface area (TPSA) is 218 Å². The van der Waals surface area contributed by atoms with Crippen LogP contribution in [-0.4, -0.2) is 132 Å². The molecule has 58 heavy (non-hydrogen) atoms. The largest absolute Gasteiger partial charge is 0.507 e. The molecule has 5 aliphatic rings. The van der Waals surface area contributed by atoms with Gasteiger partial charge in [0, 0.05) is 42.4 Å². The normalized spacial score (nSPS) is 36.3. The van der Waals surface area contributed by atoms with E-state index < -0.39 is 102 Å². The molecule has 0 amide bonds. The molecule has 2 aromatic rings. The fourth-order valence-electron chi connectivity index (χ4n) is 9.36. The Hall–Kier alpha value is -3.84. The van der Waals surface area contributed by atoms with E-state index in [0.717, 1.165) is 4.90 Å². The number of carbonyl (C=O) groups is 4. The number of esters is 1. The van der Waals surface area contributed by atoms with Crippen LogP contribution in [0.25, 0.3) is 0 Å². The molecule has 5 N–H and O–H groups in total. The number of Topliss-reactive ketones (excluding diaryl/α,β-unsaturated/α-hetero) is 1. The lowest BCUT2D eigenvalue weighted by Gasteiger charge is -2.47. The van der Waals surface area contributed by atoms with E-state index in [4.69, 9.17) is 33.2 Å². The summed E-state index contributed by atoms with van der Waals surface area (Å²) in [6.07, 6.45) is -6.46. The summed E-state index contributed by atoms with van der Waals surface area (Å²) in [6.45, 7) is 6.98. The first kappa shape index (κ1) is 42.3. The minimum Gasteiger partial charge on any atom is -0.507 e. The third-order valence-corrected chi connectivity index (χ3v) is 12.5. The second-order valence-corrected chi connectivity index (χ2v) is 16.4. The molecule has 0 bridgehead atoms. The molecule has 3 saturated heterocycles. The number of nitrogens with one attached hydrogen (secondary N) is 1. The average Bonchev–Trinajstić information content (AvgIpc) is 3.17. The number of hydrogen-bond donors (Lipinski definition) is 5. The molecule has 16 nitrogen and oxygen atoms in total. The van der Waals surface area contributed by atoms with Crippen LogP contribution in [0.3, 0.4) is 0 Å². The zero-order chi connectivity index (χ0) is 42.0. The van der Waals surface area contributed by atoms with Crippen molar-refractivity contribution in [2.24, 2.45) is 0 Å². The zero-order valence-corrected chi connectivity index (χ0v) is 33.8. The van der Waals surface area contributed by atoms with Crippen LogP contribution in [0.1, 0.15) is 121 Å². The van der Waals surface area contributed by atoms with Gasteiger partial charge >= 0.3 is 5.97 Å². The third-order valence-electron chi connectivity index (χ3n) is 12.5. The number of aliphatic hydroxyl groups is 2. The van der Waals surface area contributed by atoms with Gasteiger partial charge in [-0.3, -0.25) is 19.2 Å². The molecule has 7 rings (SSSR count). The van der Waals surface area contributed by atoms with Crippen molar-refractivity contribution in [2.75, 3.05) is 21.2 Å². The van der Waals surface area contributed by atoms with Gasteiger partial charge in [-0.25, -0.2) is 0 Å². The maximum Gasteiger partial charge on any atom is 0.316 e. The predicted octanol–water partition coefficient (Wildman–Crippen LogP) is 1.74. The number of ether oxygens (including phenoxy) is 7. The van der Waals surface area contributed by atoms with Crippen molar-refractivity contribution in [1.82, 2.24) is 0 Å². The van der Waals surface area contributed by atoms with Gasteiger partial charge in [0.2, 0.25) is 5.78 Å². The highest BCUT2D eigenvalue weighted by molar-refractivity contribution is 6.30. The van der Waals surface area contributed by atoms with E-state index in [0.29, 0.717) is 12.8 Å². The van der Waals surface area contributed by atoms with Gasteiger partial charge in [-0.15, -0.1) is 0 Å². The number of benzene rings is 2. The van der Waals surface area contributed by atoms with Gasteiger partial charge < -0.3 is 58.5 Å². The van der Waals surface area contributed by atoms with Crippen molar-refractivity contribution < 1.29 is 77.7 Å². The van der Waals surface area contributed by atoms with Crippen molar-refractivity contribution in [3.63, 3.8) is 0 Å². The molecular formula is C42H54NO15+. The standard InChI is InChI=1S/C42H53NO15/c1-8-42(51)17-28(33-22(35(42)41(50)52-7)14-23-34(38(33)49)37(48)32-21(36(23)47)10-9-11-26(32)45)56-30-15-24(43(5)6)39(19(3)54-30)58-31-16-27(46)40(20(4)55-31)57-29-13-12-25(44)18(2)53-29/h9-11,14,18-20,24,27-31,35,39-40,45-46,49,51H,8,12-13,15-17H2,1-7H3/p+1/t18-,19-,20-,24-,27-,28-,29-,30-,31-,35-,39+,40+,42+/m0/s1. The molecule has 0 unspecified atom stereocenters. The van der Waals surface area contributed by atoms with Crippen molar-refractivity contribution in [1.29, 1.82) is 0 Å². The van der Waals surface area contributed by atoms with Crippen LogP contribution < -0.4 is 4.90 Å². The summed E-state index contributed by atoms with van der Waals surface area (Å²) >= 11 is 0. The summed E-state index contributed by atoms with van der Waals surface area (Å²) < 4.78 is 42.7. The quantitative estimate of drug-likeness (QED) is 0.195. The van der Waals surface area contributed by atoms with E-state index in [2.05, 4.69) is 0 Å². The molecule has 2 aromatic carbocycles. The summed E-state index contributed by atoms with van der Waals surface area (Å²) in [5.41, 5.74) is -2.47. The maximum atomic E-state index is 13.9. The van der Waals surface area contributed by atoms with Gasteiger partial charge in [-0.2, -0.15) is 0 Å². The van der Waals surface area contributed by atoms with Gasteiger partial charge in [0.05, 0.1) is 68.8 Å². The molecule has 16 heteroatoms. The summed E-state index contributed by atoms with van der Waals surface area (Å²) in [6, 6.07) is 5.20. The number of methoxy groups -OCH3 is 1. The van der Waals surface area contributed by atoms with Crippen molar-refractivity contribution in [2.45, 2.75) is 145 Å². The minimum absolute atomic E-state index is 0.00770. The molecule has 13 atom stereocenters. The first-order chi connectivity index (χ1) is 27.5. The molecule has 3 fully saturated rings. The number of phenolic OH excluding ortho intramolecular Hbond substituents is 2. The lowest BCUT2D eigenvalue weighted by Crippen LogP contribution is -3.12. The van der Waals surface area contributed by atoms with Crippen molar-refractivity contribution >= 4 is 23.3 Å². The maximum absolute atomic E-state index is 13.9. The second-order valence-electron chi connectivity index (χ2n) is 16.4. The molecule has 0 radical (unpaired) electrons. The monoisotopic (exact) mass is 812 g/mol. The SMILES string of the molecule is CC[C@@]1(O)C[C@H](O[C@H]2C[C@H]([NH+](C)C)[C@H](O[C@H]3C[C@H](O)[C@H](O[C@H]4CCC(=O)[C@H](C)O4)[C@H](C)O3)[C@H](C)O2)c2c(cc3c(c2O)C(=O)c2c(O)cccc2C3=O)[C@H]1C(=O)OC. The lowest BCUT2D eigenvalue weighted by molar-refractivity contribution is -0.894. The van der Waals surface area contributed by atoms with E-state index in [9.17, 15) is 39.6 Å². The predicted molar refractivity (Wildman–Crippen MR) is 200 cm³/mol. The third kappa shape index (κ3) is 7.47. The molecule has 316 valence electrons. The van der Waals surface area contributed by atoms with Crippen LogP contribution in [0.5, 0.6) is 11.5 Å². The fourth-order valence-corrected chi connectivity index (χ4v) is 9.36. The van der Waals surface area contributed by atoms with E-state index >= 15 is 0 Å². The Balaban J connectivity index is 1.13. The Kier molecular flexibility index (Phi) is 11.9. The second kappa shape index (κ2) is 16.3. The van der Waals surface area contributed by atoms with E-state index in [-0.39, 0.29) is 70.9 Å². The van der Waals surface area contributed by atoms with Crippen LogP contribution in [0, 0.1) is 0 Å². The Morgan fingerprint density at radius 2 is 1.57 bits per heavy atom. The number of aliphatic hydroxyl groups excluding tert-OH is 1. The Morgan fingerprint density at radius 3 is 2.21 bits per heavy atom. The van der Waals surface area contributed by atoms with Crippen LogP contribution in [0.15, 0.2) is 24.3 Å². The van der Waals surface area contributed by atoms with Crippen molar-refractivity contribution in [3.05, 3.63) is 57.6 Å². The first-order valence-corrected chi connectivity index (χ1v) is 20.0. The molecule has 3 aliphatic heterocycles. The number of rotatable bonds is 9. The van der Waals surface area contributed by atoms with Crippen molar-refractivity contribution in [3.8, 4) is 11.5 Å². The summed E-state index contributed by atoms with van der Waals surface area (Å²) in [4.78, 5) is 54.1. The number of hydrogen-bond acceptors (Lipinski definition) is 15. The number of quaternary nitrogens is 1. The summed E-state index contributed by atoms with van der Waals surface area (Å²) in [5, 5.41) is 45.9. The van der Waals surface area contributed by atoms with Crippen LogP contribution in [0.2, 0.25) is 0 Å². The van der Waals surface area contributed by atoms with Crippen LogP contribution >= 0.6 is 0 Å². The van der Waals surface area contributed by atoms with Gasteiger partial charge in [0.15, 0.2) is 30.4 Å². The average molecular weight is 813 g/mol. The van der Waals surface area contributed by atoms with Gasteiger partial charge in [0.1, 0.15) is 41.8 Å². The zero-order valence-electron chi connectivity index (χ0n) is 33.8. The fraction of sp³-hybridized carbons (Fsp3) is 0.619. The first-order valence-electron chi connectivity index (χ1n) is 20.0. The van der Waals surface area contributed by atoms with E-state index in [1.807, 2.05) is 21.0 Å². The molecular weight excluding hydrogens is 758 g/mol. The number of phenols is 2. The molecule has 0 saturated carbocycles. The Morgan fingerprint density at radius 1 is 0.897 bits per heavy atom. The molecule has 2 aliphatic carbocycles. The number of carbonyl (C=O) groups excluding carboxylic acids is 4. The number of aromatic hydroxyl groups is 2. The smallest absolute Gasteiger partial charge is 0.316 e. The highest BCUT2D eigenvalue weighted by Gasteiger charge is 2.54. The Bertz CT molecular complexity index is 1940. The molecule has 3 heterocycles. The van der Waals surface area contributed by atoms with Gasteiger partial charge in [-0.05, 0) is 44.9 Å². The van der Waals surface area contributed by atoms with E-state index in [1.54, 1.807) is 20.8 Å². The van der Waals surface area contributed by atoms with E-state index in [1.165, 1.54) is 31.4 Å². The number of fused-ring (bicyclic) bond motifs is 3. The Labute approximate surface area is 336 Å². The summed E-state index contributed by atoms with van der Waals surface area (Å²) in [5.74, 6) is -4.57. The lowest BCUT2D eigenvalue weighted by atomic mass is 9.67. The molecule has 0 aromatic heterocycles. The summed E-state index contributed by atoms with van der Waals surface area (Å²) in [7, 11) is 5.08. The highest BCUT2D eigenvalue weighted by Crippen LogP contribution is 2.54. The van der Waals surface area contributed by atoms with Crippen LogP contribution in [-0.2, 0) is 42.7 Å². The number of ketones is 3. The van der Waals surface area contributed by atoms with Crippen LogP contribution in [0.4, 0.5) is 0 Å². The molecule has 0 spiro atoms. The number of likely N-dealkylation sites (N-methyl/N-ethyl adjacent to an activating group) is 1. The van der Waals surface area contributed by atoms with Gasteiger partial charge in [-0.1, -0.05) is 19.1 Å². The highest BCUT2D eigenvalue weighted by atomic mass is 16.7. The minimum atomic E-state index is -1.75.